The van der Waals surface area contributed by atoms with Crippen LogP contribution in [0.25, 0.3) is 0 Å². The number of amides is 2. The third kappa shape index (κ3) is 4.91. The lowest BCUT2D eigenvalue weighted by Crippen LogP contribution is -2.28. The summed E-state index contributed by atoms with van der Waals surface area (Å²) in [4.78, 5) is 39.8. The molecule has 148 valence electrons. The summed E-state index contributed by atoms with van der Waals surface area (Å²) in [6.07, 6.45) is 1.61. The molecule has 28 heavy (non-hydrogen) atoms. The van der Waals surface area contributed by atoms with Crippen molar-refractivity contribution in [2.45, 2.75) is 13.0 Å². The number of nitrogens with zero attached hydrogens (tertiary/aromatic N) is 2. The Morgan fingerprint density at radius 3 is 2.64 bits per heavy atom. The molecule has 8 nitrogen and oxygen atoms in total. The van der Waals surface area contributed by atoms with Gasteiger partial charge >= 0.3 is 5.97 Å². The number of hydrogen-bond acceptors (Lipinski definition) is 6. The van der Waals surface area contributed by atoms with Gasteiger partial charge in [0.05, 0.1) is 18.7 Å². The van der Waals surface area contributed by atoms with E-state index in [0.717, 1.165) is 5.69 Å². The number of anilines is 2. The molecule has 1 N–H and O–H groups in total. The SMILES string of the molecule is CN(C)c1ccc(NC(=O)COC(=O)[C@H]2CC(=O)N(Cc3ccco3)C2)cc1. The normalized spacial score (nSPS) is 16.1. The zero-order chi connectivity index (χ0) is 20.1. The molecule has 8 heteroatoms. The molecule has 2 heterocycles. The Labute approximate surface area is 163 Å². The molecule has 1 saturated heterocycles. The summed E-state index contributed by atoms with van der Waals surface area (Å²) < 4.78 is 10.3. The third-order valence-corrected chi connectivity index (χ3v) is 4.49. The van der Waals surface area contributed by atoms with Gasteiger partial charge in [-0.05, 0) is 36.4 Å². The molecule has 0 aliphatic carbocycles. The van der Waals surface area contributed by atoms with Gasteiger partial charge in [-0.25, -0.2) is 0 Å². The second-order valence-corrected chi connectivity index (χ2v) is 6.85. The quantitative estimate of drug-likeness (QED) is 0.732. The number of rotatable bonds is 7. The van der Waals surface area contributed by atoms with Crippen LogP contribution < -0.4 is 10.2 Å². The Balaban J connectivity index is 1.44. The highest BCUT2D eigenvalue weighted by Crippen LogP contribution is 2.21. The molecule has 1 aromatic carbocycles. The number of esters is 1. The van der Waals surface area contributed by atoms with Crippen molar-refractivity contribution in [3.63, 3.8) is 0 Å². The van der Waals surface area contributed by atoms with E-state index in [4.69, 9.17) is 9.15 Å². The molecule has 1 aliphatic rings. The summed E-state index contributed by atoms with van der Waals surface area (Å²) in [5.74, 6) is -1.03. The molecule has 0 spiro atoms. The standard InChI is InChI=1S/C20H23N3O5/c1-22(2)16-7-5-15(6-8-16)21-18(24)13-28-20(26)14-10-19(25)23(11-14)12-17-4-3-9-27-17/h3-9,14H,10-13H2,1-2H3,(H,21,24)/t14-/m0/s1. The van der Waals surface area contributed by atoms with E-state index in [1.165, 1.54) is 6.26 Å². The first-order chi connectivity index (χ1) is 13.4. The number of benzene rings is 1. The van der Waals surface area contributed by atoms with Crippen LogP contribution in [0.1, 0.15) is 12.2 Å². The van der Waals surface area contributed by atoms with Gasteiger partial charge in [0.15, 0.2) is 6.61 Å². The highest BCUT2D eigenvalue weighted by molar-refractivity contribution is 5.93. The van der Waals surface area contributed by atoms with Crippen LogP contribution in [-0.4, -0.2) is 49.9 Å². The second-order valence-electron chi connectivity index (χ2n) is 6.85. The van der Waals surface area contributed by atoms with Crippen molar-refractivity contribution in [2.75, 3.05) is 37.5 Å². The number of likely N-dealkylation sites (tertiary alicyclic amines) is 1. The van der Waals surface area contributed by atoms with E-state index in [-0.39, 0.29) is 18.9 Å². The van der Waals surface area contributed by atoms with E-state index in [1.54, 1.807) is 29.2 Å². The van der Waals surface area contributed by atoms with Gasteiger partial charge in [-0.15, -0.1) is 0 Å². The molecule has 2 aromatic rings. The zero-order valence-electron chi connectivity index (χ0n) is 15.9. The highest BCUT2D eigenvalue weighted by Gasteiger charge is 2.35. The summed E-state index contributed by atoms with van der Waals surface area (Å²) in [7, 11) is 3.85. The van der Waals surface area contributed by atoms with Crippen LogP contribution in [0, 0.1) is 5.92 Å². The molecular formula is C20H23N3O5. The molecule has 0 radical (unpaired) electrons. The number of hydrogen-bond donors (Lipinski definition) is 1. The molecule has 1 fully saturated rings. The van der Waals surface area contributed by atoms with Gasteiger partial charge in [0.25, 0.3) is 5.91 Å². The fraction of sp³-hybridized carbons (Fsp3) is 0.350. The van der Waals surface area contributed by atoms with Crippen LogP contribution in [0.4, 0.5) is 11.4 Å². The van der Waals surface area contributed by atoms with Crippen LogP contribution in [-0.2, 0) is 25.7 Å². The van der Waals surface area contributed by atoms with Crippen molar-refractivity contribution < 1.29 is 23.5 Å². The Hall–Kier alpha value is -3.29. The molecular weight excluding hydrogens is 362 g/mol. The molecule has 0 saturated carbocycles. The van der Waals surface area contributed by atoms with E-state index in [9.17, 15) is 14.4 Å². The fourth-order valence-electron chi connectivity index (χ4n) is 2.97. The fourth-order valence-corrected chi connectivity index (χ4v) is 2.97. The summed E-state index contributed by atoms with van der Waals surface area (Å²) in [6, 6.07) is 10.8. The van der Waals surface area contributed by atoms with Crippen molar-refractivity contribution in [1.29, 1.82) is 0 Å². The number of furan rings is 1. The largest absolute Gasteiger partial charge is 0.467 e. The first-order valence-corrected chi connectivity index (χ1v) is 8.96. The summed E-state index contributed by atoms with van der Waals surface area (Å²) >= 11 is 0. The van der Waals surface area contributed by atoms with Crippen LogP contribution in [0.15, 0.2) is 47.1 Å². The van der Waals surface area contributed by atoms with Gasteiger partial charge in [0.1, 0.15) is 5.76 Å². The Morgan fingerprint density at radius 2 is 2.00 bits per heavy atom. The minimum Gasteiger partial charge on any atom is -0.467 e. The predicted octanol–water partition coefficient (Wildman–Crippen LogP) is 1.88. The third-order valence-electron chi connectivity index (χ3n) is 4.49. The van der Waals surface area contributed by atoms with E-state index in [1.807, 2.05) is 31.1 Å². The van der Waals surface area contributed by atoms with Crippen molar-refractivity contribution in [2.24, 2.45) is 5.92 Å². The highest BCUT2D eigenvalue weighted by atomic mass is 16.5. The average molecular weight is 385 g/mol. The van der Waals surface area contributed by atoms with Crippen LogP contribution in [0.5, 0.6) is 0 Å². The minimum absolute atomic E-state index is 0.0765. The molecule has 1 aromatic heterocycles. The maximum Gasteiger partial charge on any atom is 0.311 e. The van der Waals surface area contributed by atoms with E-state index < -0.39 is 24.4 Å². The van der Waals surface area contributed by atoms with Gasteiger partial charge in [-0.3, -0.25) is 14.4 Å². The zero-order valence-corrected chi connectivity index (χ0v) is 15.9. The smallest absolute Gasteiger partial charge is 0.311 e. The number of nitrogens with one attached hydrogen (secondary N) is 1. The number of ether oxygens (including phenoxy) is 1. The molecule has 1 atom stereocenters. The van der Waals surface area contributed by atoms with Gasteiger partial charge < -0.3 is 24.3 Å². The molecule has 3 rings (SSSR count). The van der Waals surface area contributed by atoms with Crippen molar-refractivity contribution in [3.8, 4) is 0 Å². The summed E-state index contributed by atoms with van der Waals surface area (Å²) in [6.45, 7) is 0.183. The summed E-state index contributed by atoms with van der Waals surface area (Å²) in [5, 5.41) is 2.68. The molecule has 1 aliphatic heterocycles. The van der Waals surface area contributed by atoms with Gasteiger partial charge in [-0.1, -0.05) is 0 Å². The Kier molecular flexibility index (Phi) is 5.98. The minimum atomic E-state index is -0.574. The van der Waals surface area contributed by atoms with Crippen LogP contribution in [0.3, 0.4) is 0 Å². The lowest BCUT2D eigenvalue weighted by molar-refractivity contribution is -0.151. The van der Waals surface area contributed by atoms with E-state index in [2.05, 4.69) is 5.32 Å². The topological polar surface area (TPSA) is 92.1 Å². The van der Waals surface area contributed by atoms with E-state index in [0.29, 0.717) is 18.0 Å². The Bertz CT molecular complexity index is 830. The lowest BCUT2D eigenvalue weighted by atomic mass is 10.1. The first-order valence-electron chi connectivity index (χ1n) is 8.96. The van der Waals surface area contributed by atoms with Crippen LogP contribution in [0.2, 0.25) is 0 Å². The Morgan fingerprint density at radius 1 is 1.25 bits per heavy atom. The van der Waals surface area contributed by atoms with Crippen molar-refractivity contribution in [1.82, 2.24) is 4.90 Å². The monoisotopic (exact) mass is 385 g/mol. The lowest BCUT2D eigenvalue weighted by Gasteiger charge is -2.15. The van der Waals surface area contributed by atoms with Gasteiger partial charge in [-0.2, -0.15) is 0 Å². The number of carbonyl (C=O) groups excluding carboxylic acids is 3. The first kappa shape index (κ1) is 19.5. The van der Waals surface area contributed by atoms with Gasteiger partial charge in [0, 0.05) is 38.4 Å². The molecule has 0 bridgehead atoms. The van der Waals surface area contributed by atoms with Crippen molar-refractivity contribution in [3.05, 3.63) is 48.4 Å². The predicted molar refractivity (Wildman–Crippen MR) is 103 cm³/mol. The molecule has 0 unspecified atom stereocenters. The van der Waals surface area contributed by atoms with Crippen molar-refractivity contribution >= 4 is 29.2 Å². The van der Waals surface area contributed by atoms with Gasteiger partial charge in [0.2, 0.25) is 5.91 Å². The molecule has 2 amide bonds. The van der Waals surface area contributed by atoms with E-state index >= 15 is 0 Å². The average Bonchev–Trinajstić information content (AvgIpc) is 3.31. The number of carbonyl (C=O) groups is 3. The maximum absolute atomic E-state index is 12.2. The second kappa shape index (κ2) is 8.60. The summed E-state index contributed by atoms with van der Waals surface area (Å²) in [5.41, 5.74) is 1.63. The maximum atomic E-state index is 12.2. The van der Waals surface area contributed by atoms with Crippen LogP contribution >= 0.6 is 0 Å².